The fraction of sp³-hybridized carbons (Fsp3) is 0.500. The standard InChI is InChI=1S/C36H51N/c1-26(27-12-16-29(17-13-27)35(8,9)24-33(2,3)4)28-14-20-31(21-15-28)37-32-22-18-30(19-23-32)36(10,11)25-34(5,6)7/h12-23,26,37H,24-25H2,1-11H3. The Hall–Kier alpha value is -2.54. The Kier molecular flexibility index (Phi) is 8.38. The Labute approximate surface area is 228 Å². The number of nitrogens with one attached hydrogen (secondary N) is 1. The molecule has 1 N–H and O–H groups in total. The minimum atomic E-state index is 0.162. The molecule has 0 amide bonds. The lowest BCUT2D eigenvalue weighted by Gasteiger charge is -2.33. The summed E-state index contributed by atoms with van der Waals surface area (Å²) in [4.78, 5) is 0. The molecule has 0 aliphatic carbocycles. The second kappa shape index (κ2) is 10.7. The average molecular weight is 498 g/mol. The van der Waals surface area contributed by atoms with Crippen LogP contribution in [0, 0.1) is 10.8 Å². The molecule has 37 heavy (non-hydrogen) atoms. The van der Waals surface area contributed by atoms with Gasteiger partial charge in [-0.3, -0.25) is 0 Å². The fourth-order valence-electron chi connectivity index (χ4n) is 6.30. The number of hydrogen-bond acceptors (Lipinski definition) is 1. The molecule has 0 saturated carbocycles. The predicted octanol–water partition coefficient (Wildman–Crippen LogP) is 11.0. The minimum Gasteiger partial charge on any atom is -0.356 e. The van der Waals surface area contributed by atoms with Crippen LogP contribution >= 0.6 is 0 Å². The van der Waals surface area contributed by atoms with E-state index in [9.17, 15) is 0 Å². The lowest BCUT2D eigenvalue weighted by Crippen LogP contribution is -2.24. The van der Waals surface area contributed by atoms with Crippen LogP contribution in [0.1, 0.15) is 117 Å². The van der Waals surface area contributed by atoms with Gasteiger partial charge in [0.15, 0.2) is 0 Å². The van der Waals surface area contributed by atoms with Crippen molar-refractivity contribution >= 4 is 11.4 Å². The Bertz CT molecular complexity index is 1130. The molecule has 0 spiro atoms. The number of hydrogen-bond donors (Lipinski definition) is 1. The van der Waals surface area contributed by atoms with Gasteiger partial charge in [0.05, 0.1) is 0 Å². The van der Waals surface area contributed by atoms with Gasteiger partial charge in [0.25, 0.3) is 0 Å². The maximum Gasteiger partial charge on any atom is 0.0384 e. The summed E-state index contributed by atoms with van der Waals surface area (Å²) in [5, 5.41) is 3.58. The van der Waals surface area contributed by atoms with Gasteiger partial charge >= 0.3 is 0 Å². The first-order valence-electron chi connectivity index (χ1n) is 14.0. The summed E-state index contributed by atoms with van der Waals surface area (Å²) in [6.07, 6.45) is 2.32. The number of anilines is 2. The molecule has 3 aromatic rings. The van der Waals surface area contributed by atoms with Crippen LogP contribution in [0.15, 0.2) is 72.8 Å². The fourth-order valence-corrected chi connectivity index (χ4v) is 6.30. The lowest BCUT2D eigenvalue weighted by molar-refractivity contribution is 0.283. The molecule has 0 saturated heterocycles. The summed E-state index contributed by atoms with van der Waals surface area (Å²) < 4.78 is 0. The number of rotatable bonds is 8. The molecule has 3 aromatic carbocycles. The van der Waals surface area contributed by atoms with Crippen molar-refractivity contribution in [2.75, 3.05) is 5.32 Å². The summed E-state index contributed by atoms with van der Waals surface area (Å²) in [6, 6.07) is 27.2. The molecule has 0 aliphatic rings. The normalized spacial score (nSPS) is 13.9. The molecular formula is C36H51N. The van der Waals surface area contributed by atoms with Gasteiger partial charge in [-0.25, -0.2) is 0 Å². The molecule has 0 heterocycles. The molecule has 200 valence electrons. The van der Waals surface area contributed by atoms with E-state index < -0.39 is 0 Å². The zero-order chi connectivity index (χ0) is 27.6. The summed E-state index contributed by atoms with van der Waals surface area (Å²) in [5.74, 6) is 0.359. The van der Waals surface area contributed by atoms with E-state index in [1.165, 1.54) is 28.7 Å². The molecule has 1 unspecified atom stereocenters. The smallest absolute Gasteiger partial charge is 0.0384 e. The zero-order valence-corrected chi connectivity index (χ0v) is 25.4. The molecule has 0 aromatic heterocycles. The van der Waals surface area contributed by atoms with Crippen LogP contribution in [0.25, 0.3) is 0 Å². The van der Waals surface area contributed by atoms with Crippen LogP contribution in [-0.4, -0.2) is 0 Å². The molecule has 0 fully saturated rings. The van der Waals surface area contributed by atoms with Gasteiger partial charge in [0.1, 0.15) is 0 Å². The zero-order valence-electron chi connectivity index (χ0n) is 25.4. The van der Waals surface area contributed by atoms with Gasteiger partial charge in [0, 0.05) is 17.3 Å². The van der Waals surface area contributed by atoms with E-state index in [0.717, 1.165) is 17.8 Å². The summed E-state index contributed by atoms with van der Waals surface area (Å²) >= 11 is 0. The Morgan fingerprint density at radius 2 is 0.784 bits per heavy atom. The topological polar surface area (TPSA) is 12.0 Å². The Morgan fingerprint density at radius 1 is 0.486 bits per heavy atom. The second-order valence-electron chi connectivity index (χ2n) is 14.9. The van der Waals surface area contributed by atoms with E-state index in [1.807, 2.05) is 0 Å². The van der Waals surface area contributed by atoms with Crippen molar-refractivity contribution < 1.29 is 0 Å². The van der Waals surface area contributed by atoms with Gasteiger partial charge < -0.3 is 5.32 Å². The van der Waals surface area contributed by atoms with Crippen molar-refractivity contribution in [3.05, 3.63) is 95.1 Å². The average Bonchev–Trinajstić information content (AvgIpc) is 2.76. The van der Waals surface area contributed by atoms with Gasteiger partial charge in [-0.05, 0) is 81.0 Å². The van der Waals surface area contributed by atoms with Crippen LogP contribution < -0.4 is 5.32 Å². The third-order valence-corrected chi connectivity index (χ3v) is 7.50. The maximum atomic E-state index is 3.58. The van der Waals surface area contributed by atoms with E-state index in [2.05, 4.69) is 154 Å². The Balaban J connectivity index is 1.66. The highest BCUT2D eigenvalue weighted by atomic mass is 14.9. The van der Waals surface area contributed by atoms with E-state index in [-0.39, 0.29) is 10.8 Å². The molecule has 1 nitrogen and oxygen atoms in total. The molecule has 3 rings (SSSR count). The van der Waals surface area contributed by atoms with Crippen LogP contribution in [0.4, 0.5) is 11.4 Å². The van der Waals surface area contributed by atoms with Gasteiger partial charge in [-0.1, -0.05) is 125 Å². The predicted molar refractivity (Wildman–Crippen MR) is 164 cm³/mol. The molecular weight excluding hydrogens is 446 g/mol. The van der Waals surface area contributed by atoms with Crippen molar-refractivity contribution in [2.45, 2.75) is 106 Å². The van der Waals surface area contributed by atoms with E-state index in [4.69, 9.17) is 0 Å². The molecule has 0 radical (unpaired) electrons. The van der Waals surface area contributed by atoms with Crippen molar-refractivity contribution in [1.29, 1.82) is 0 Å². The maximum absolute atomic E-state index is 3.58. The van der Waals surface area contributed by atoms with Crippen LogP contribution in [0.2, 0.25) is 0 Å². The molecule has 0 bridgehead atoms. The van der Waals surface area contributed by atoms with E-state index >= 15 is 0 Å². The highest BCUT2D eigenvalue weighted by Gasteiger charge is 2.28. The van der Waals surface area contributed by atoms with Crippen molar-refractivity contribution in [1.82, 2.24) is 0 Å². The van der Waals surface area contributed by atoms with Gasteiger partial charge in [0.2, 0.25) is 0 Å². The van der Waals surface area contributed by atoms with Crippen molar-refractivity contribution in [3.8, 4) is 0 Å². The van der Waals surface area contributed by atoms with Crippen LogP contribution in [-0.2, 0) is 10.8 Å². The number of benzene rings is 3. The van der Waals surface area contributed by atoms with Gasteiger partial charge in [-0.2, -0.15) is 0 Å². The first kappa shape index (κ1) is 29.0. The monoisotopic (exact) mass is 497 g/mol. The first-order valence-corrected chi connectivity index (χ1v) is 14.0. The highest BCUT2D eigenvalue weighted by molar-refractivity contribution is 5.60. The quantitative estimate of drug-likeness (QED) is 0.326. The first-order chi connectivity index (χ1) is 17.0. The molecule has 1 heteroatoms. The lowest BCUT2D eigenvalue weighted by atomic mass is 9.72. The highest BCUT2D eigenvalue weighted by Crippen LogP contribution is 2.38. The third-order valence-electron chi connectivity index (χ3n) is 7.50. The summed E-state index contributed by atoms with van der Waals surface area (Å²) in [6.45, 7) is 25.7. The van der Waals surface area contributed by atoms with Gasteiger partial charge in [-0.15, -0.1) is 0 Å². The largest absolute Gasteiger partial charge is 0.356 e. The Morgan fingerprint density at radius 3 is 1.14 bits per heavy atom. The van der Waals surface area contributed by atoms with Crippen molar-refractivity contribution in [3.63, 3.8) is 0 Å². The summed E-state index contributed by atoms with van der Waals surface area (Å²) in [5.41, 5.74) is 8.73. The third kappa shape index (κ3) is 8.22. The SMILES string of the molecule is CC(c1ccc(Nc2ccc(C(C)(C)CC(C)(C)C)cc2)cc1)c1ccc(C(C)(C)CC(C)(C)C)cc1. The van der Waals surface area contributed by atoms with Crippen LogP contribution in [0.3, 0.4) is 0 Å². The van der Waals surface area contributed by atoms with Crippen LogP contribution in [0.5, 0.6) is 0 Å². The molecule has 1 atom stereocenters. The molecule has 0 aliphatic heterocycles. The summed E-state index contributed by atoms with van der Waals surface area (Å²) in [7, 11) is 0. The van der Waals surface area contributed by atoms with E-state index in [0.29, 0.717) is 16.7 Å². The second-order valence-corrected chi connectivity index (χ2v) is 14.9. The van der Waals surface area contributed by atoms with E-state index in [1.54, 1.807) is 0 Å². The van der Waals surface area contributed by atoms with Crippen molar-refractivity contribution in [2.24, 2.45) is 10.8 Å². The minimum absolute atomic E-state index is 0.162.